The van der Waals surface area contributed by atoms with Crippen molar-refractivity contribution in [3.8, 4) is 0 Å². The Bertz CT molecular complexity index is 518. The molecule has 0 bridgehead atoms. The van der Waals surface area contributed by atoms with E-state index >= 15 is 0 Å². The molecular weight excluding hydrogens is 269 g/mol. The van der Waals surface area contributed by atoms with Crippen LogP contribution in [0.2, 0.25) is 0 Å². The Balaban J connectivity index is 2.12. The summed E-state index contributed by atoms with van der Waals surface area (Å²) < 4.78 is 14.4. The van der Waals surface area contributed by atoms with Crippen LogP contribution in [0.1, 0.15) is 43.7 Å². The number of halogens is 1. The maximum Gasteiger partial charge on any atom is 0.173 e. The van der Waals surface area contributed by atoms with E-state index in [1.807, 2.05) is 7.05 Å². The van der Waals surface area contributed by atoms with Crippen molar-refractivity contribution in [3.05, 3.63) is 35.1 Å². The van der Waals surface area contributed by atoms with E-state index in [2.05, 4.69) is 17.0 Å². The summed E-state index contributed by atoms with van der Waals surface area (Å²) in [6.45, 7) is 2.81. The number of hydrogen-bond acceptors (Lipinski definition) is 3. The lowest BCUT2D eigenvalue weighted by Crippen LogP contribution is -2.35. The average molecular weight is 293 g/mol. The smallest absolute Gasteiger partial charge is 0.173 e. The van der Waals surface area contributed by atoms with Crippen molar-refractivity contribution in [1.29, 1.82) is 0 Å². The maximum atomic E-state index is 14.4. The van der Waals surface area contributed by atoms with Gasteiger partial charge in [0.15, 0.2) is 5.84 Å². The first-order valence-electron chi connectivity index (χ1n) is 7.48. The van der Waals surface area contributed by atoms with E-state index in [9.17, 15) is 4.39 Å². The summed E-state index contributed by atoms with van der Waals surface area (Å²) in [4.78, 5) is 2.21. The third-order valence-electron chi connectivity index (χ3n) is 4.41. The van der Waals surface area contributed by atoms with Gasteiger partial charge < -0.3 is 10.9 Å². The van der Waals surface area contributed by atoms with E-state index in [0.29, 0.717) is 18.2 Å². The molecule has 5 heteroatoms. The standard InChI is InChI=1S/C16H24FN3O/c1-11-5-3-7-13(9-11)20(2)10-12-6-4-8-14(15(12)17)16(18)19-21/h4,6,8,11,13,21H,3,5,7,9-10H2,1-2H3,(H2,18,19). The highest BCUT2D eigenvalue weighted by Gasteiger charge is 2.23. The lowest BCUT2D eigenvalue weighted by molar-refractivity contribution is 0.156. The van der Waals surface area contributed by atoms with E-state index in [-0.39, 0.29) is 11.4 Å². The summed E-state index contributed by atoms with van der Waals surface area (Å²) in [7, 11) is 2.04. The second-order valence-corrected chi connectivity index (χ2v) is 6.10. The zero-order valence-corrected chi connectivity index (χ0v) is 12.7. The van der Waals surface area contributed by atoms with E-state index in [1.54, 1.807) is 12.1 Å². The zero-order chi connectivity index (χ0) is 15.4. The van der Waals surface area contributed by atoms with Crippen molar-refractivity contribution in [3.63, 3.8) is 0 Å². The molecule has 1 fully saturated rings. The molecule has 2 unspecified atom stereocenters. The van der Waals surface area contributed by atoms with Crippen molar-refractivity contribution in [1.82, 2.24) is 4.90 Å². The van der Waals surface area contributed by atoms with E-state index in [1.165, 1.54) is 25.3 Å². The fourth-order valence-corrected chi connectivity index (χ4v) is 3.15. The molecule has 1 aliphatic carbocycles. The molecule has 0 aliphatic heterocycles. The monoisotopic (exact) mass is 293 g/mol. The van der Waals surface area contributed by atoms with Crippen LogP contribution in [0.15, 0.2) is 23.4 Å². The average Bonchev–Trinajstić information content (AvgIpc) is 2.48. The van der Waals surface area contributed by atoms with Gasteiger partial charge >= 0.3 is 0 Å². The number of oxime groups is 1. The minimum absolute atomic E-state index is 0.153. The molecule has 0 saturated heterocycles. The van der Waals surface area contributed by atoms with Crippen molar-refractivity contribution < 1.29 is 9.60 Å². The summed E-state index contributed by atoms with van der Waals surface area (Å²) in [5.74, 6) is 0.145. The molecule has 0 aromatic heterocycles. The van der Waals surface area contributed by atoms with Gasteiger partial charge in [0.05, 0.1) is 5.56 Å². The quantitative estimate of drug-likeness (QED) is 0.388. The molecule has 0 spiro atoms. The highest BCUT2D eigenvalue weighted by molar-refractivity contribution is 5.97. The summed E-state index contributed by atoms with van der Waals surface area (Å²) in [5, 5.41) is 11.6. The Morgan fingerprint density at radius 3 is 2.90 bits per heavy atom. The van der Waals surface area contributed by atoms with Crippen LogP contribution in [0.25, 0.3) is 0 Å². The summed E-state index contributed by atoms with van der Waals surface area (Å²) in [6.07, 6.45) is 4.86. The van der Waals surface area contributed by atoms with Gasteiger partial charge in [-0.15, -0.1) is 0 Å². The van der Waals surface area contributed by atoms with Gasteiger partial charge in [0.2, 0.25) is 0 Å². The zero-order valence-electron chi connectivity index (χ0n) is 12.7. The number of rotatable bonds is 4. The largest absolute Gasteiger partial charge is 0.409 e. The fourth-order valence-electron chi connectivity index (χ4n) is 3.15. The van der Waals surface area contributed by atoms with E-state index < -0.39 is 5.82 Å². The number of benzene rings is 1. The van der Waals surface area contributed by atoms with Gasteiger partial charge in [-0.25, -0.2) is 4.39 Å². The first-order chi connectivity index (χ1) is 10.0. The number of amidine groups is 1. The van der Waals surface area contributed by atoms with Crippen LogP contribution < -0.4 is 5.73 Å². The third-order valence-corrected chi connectivity index (χ3v) is 4.41. The first-order valence-corrected chi connectivity index (χ1v) is 7.48. The highest BCUT2D eigenvalue weighted by Crippen LogP contribution is 2.28. The lowest BCUT2D eigenvalue weighted by Gasteiger charge is -2.34. The second kappa shape index (κ2) is 6.89. The van der Waals surface area contributed by atoms with Gasteiger partial charge in [-0.2, -0.15) is 0 Å². The molecule has 2 atom stereocenters. The van der Waals surface area contributed by atoms with E-state index in [0.717, 1.165) is 12.3 Å². The first kappa shape index (κ1) is 15.8. The molecule has 0 amide bonds. The minimum atomic E-state index is -0.400. The molecule has 21 heavy (non-hydrogen) atoms. The SMILES string of the molecule is CC1CCCC(N(C)Cc2cccc(/C(N)=N/O)c2F)C1. The molecule has 1 aromatic rings. The molecule has 0 heterocycles. The fraction of sp³-hybridized carbons (Fsp3) is 0.562. The van der Waals surface area contributed by atoms with Crippen LogP contribution in [-0.4, -0.2) is 29.0 Å². The van der Waals surface area contributed by atoms with Crippen LogP contribution in [0.5, 0.6) is 0 Å². The Morgan fingerprint density at radius 2 is 2.24 bits per heavy atom. The van der Waals surface area contributed by atoms with Crippen molar-refractivity contribution in [2.24, 2.45) is 16.8 Å². The normalized spacial score (nSPS) is 23.5. The Labute approximate surface area is 125 Å². The summed E-state index contributed by atoms with van der Waals surface area (Å²) >= 11 is 0. The van der Waals surface area contributed by atoms with Crippen LogP contribution in [0.3, 0.4) is 0 Å². The Morgan fingerprint density at radius 1 is 1.48 bits per heavy atom. The Hall–Kier alpha value is -1.62. The van der Waals surface area contributed by atoms with Gasteiger partial charge in [0, 0.05) is 18.2 Å². The van der Waals surface area contributed by atoms with Gasteiger partial charge in [-0.1, -0.05) is 37.1 Å². The molecule has 2 rings (SSSR count). The third kappa shape index (κ3) is 3.73. The van der Waals surface area contributed by atoms with Crippen molar-refractivity contribution >= 4 is 5.84 Å². The van der Waals surface area contributed by atoms with Crippen LogP contribution in [0.4, 0.5) is 4.39 Å². The second-order valence-electron chi connectivity index (χ2n) is 6.10. The van der Waals surface area contributed by atoms with Gasteiger partial charge in [0.25, 0.3) is 0 Å². The molecular formula is C16H24FN3O. The topological polar surface area (TPSA) is 61.8 Å². The van der Waals surface area contributed by atoms with Crippen LogP contribution in [0, 0.1) is 11.7 Å². The molecule has 3 N–H and O–H groups in total. The molecule has 4 nitrogen and oxygen atoms in total. The molecule has 1 aliphatic rings. The number of nitrogens with zero attached hydrogens (tertiary/aromatic N) is 2. The predicted octanol–water partition coefficient (Wildman–Crippen LogP) is 2.93. The molecule has 1 saturated carbocycles. The predicted molar refractivity (Wildman–Crippen MR) is 81.8 cm³/mol. The van der Waals surface area contributed by atoms with Crippen molar-refractivity contribution in [2.45, 2.75) is 45.2 Å². The molecule has 116 valence electrons. The molecule has 0 radical (unpaired) electrons. The lowest BCUT2D eigenvalue weighted by atomic mass is 9.86. The number of hydrogen-bond donors (Lipinski definition) is 2. The van der Waals surface area contributed by atoms with Gasteiger partial charge in [-0.3, -0.25) is 4.90 Å². The van der Waals surface area contributed by atoms with Crippen molar-refractivity contribution in [2.75, 3.05) is 7.05 Å². The van der Waals surface area contributed by atoms with E-state index in [4.69, 9.17) is 10.9 Å². The molecule has 1 aromatic carbocycles. The highest BCUT2D eigenvalue weighted by atomic mass is 19.1. The maximum absolute atomic E-state index is 14.4. The summed E-state index contributed by atoms with van der Waals surface area (Å²) in [5.41, 5.74) is 6.24. The van der Waals surface area contributed by atoms with Crippen LogP contribution >= 0.6 is 0 Å². The summed E-state index contributed by atoms with van der Waals surface area (Å²) in [6, 6.07) is 5.52. The van der Waals surface area contributed by atoms with Gasteiger partial charge in [0.1, 0.15) is 5.82 Å². The Kier molecular flexibility index (Phi) is 5.17. The van der Waals surface area contributed by atoms with Gasteiger partial charge in [-0.05, 0) is 31.9 Å². The number of nitrogens with two attached hydrogens (primary N) is 1. The minimum Gasteiger partial charge on any atom is -0.409 e. The van der Waals surface area contributed by atoms with Crippen LogP contribution in [-0.2, 0) is 6.54 Å².